The van der Waals surface area contributed by atoms with Crippen LogP contribution in [-0.4, -0.2) is 44.2 Å². The molecule has 1 saturated carbocycles. The lowest BCUT2D eigenvalue weighted by Crippen LogP contribution is -2.65. The molecule has 2 aliphatic rings. The molecule has 7 nitrogen and oxygen atoms in total. The van der Waals surface area contributed by atoms with Gasteiger partial charge in [-0.2, -0.15) is 0 Å². The van der Waals surface area contributed by atoms with Gasteiger partial charge in [0.2, 0.25) is 11.8 Å². The minimum atomic E-state index is -0.497. The number of amides is 2. The smallest absolute Gasteiger partial charge is 0.237 e. The van der Waals surface area contributed by atoms with E-state index in [1.165, 1.54) is 7.11 Å². The van der Waals surface area contributed by atoms with E-state index in [4.69, 9.17) is 9.47 Å². The maximum absolute atomic E-state index is 12.4. The van der Waals surface area contributed by atoms with Crippen molar-refractivity contribution < 1.29 is 19.1 Å². The van der Waals surface area contributed by atoms with Crippen LogP contribution < -0.4 is 25.4 Å². The lowest BCUT2D eigenvalue weighted by atomic mass is 9.87. The molecule has 1 heterocycles. The minimum Gasteiger partial charge on any atom is -0.497 e. The van der Waals surface area contributed by atoms with Crippen molar-refractivity contribution in [1.82, 2.24) is 10.6 Å². The number of benzene rings is 1. The monoisotopic (exact) mass is 347 g/mol. The van der Waals surface area contributed by atoms with E-state index < -0.39 is 6.04 Å². The number of hydrogen-bond donors (Lipinski definition) is 3. The second-order valence-corrected chi connectivity index (χ2v) is 6.54. The van der Waals surface area contributed by atoms with Gasteiger partial charge < -0.3 is 25.4 Å². The zero-order valence-electron chi connectivity index (χ0n) is 14.6. The van der Waals surface area contributed by atoms with Gasteiger partial charge in [0.25, 0.3) is 0 Å². The maximum Gasteiger partial charge on any atom is 0.237 e. The van der Waals surface area contributed by atoms with E-state index in [1.54, 1.807) is 25.3 Å². The lowest BCUT2D eigenvalue weighted by molar-refractivity contribution is -0.129. The van der Waals surface area contributed by atoms with Crippen LogP contribution in [-0.2, 0) is 9.59 Å². The number of rotatable bonds is 5. The molecule has 3 rings (SSSR count). The van der Waals surface area contributed by atoms with E-state index in [1.807, 2.05) is 0 Å². The summed E-state index contributed by atoms with van der Waals surface area (Å²) < 4.78 is 10.4. The van der Waals surface area contributed by atoms with Crippen molar-refractivity contribution in [2.24, 2.45) is 0 Å². The Hall–Kier alpha value is -2.28. The number of piperazine rings is 1. The fraction of sp³-hybridized carbons (Fsp3) is 0.556. The summed E-state index contributed by atoms with van der Waals surface area (Å²) in [6.45, 7) is 0. The van der Waals surface area contributed by atoms with Crippen LogP contribution in [0, 0.1) is 0 Å². The summed E-state index contributed by atoms with van der Waals surface area (Å²) in [5.41, 5.74) is 0.556. The minimum absolute atomic E-state index is 0.0875. The highest BCUT2D eigenvalue weighted by molar-refractivity contribution is 5.96. The number of carbonyl (C=O) groups is 2. The summed E-state index contributed by atoms with van der Waals surface area (Å²) in [4.78, 5) is 24.6. The van der Waals surface area contributed by atoms with Gasteiger partial charge >= 0.3 is 0 Å². The average molecular weight is 347 g/mol. The van der Waals surface area contributed by atoms with Crippen LogP contribution in [0.2, 0.25) is 0 Å². The molecule has 1 aliphatic heterocycles. The highest BCUT2D eigenvalue weighted by atomic mass is 16.5. The molecule has 0 unspecified atom stereocenters. The Morgan fingerprint density at radius 3 is 2.68 bits per heavy atom. The molecule has 3 atom stereocenters. The van der Waals surface area contributed by atoms with Gasteiger partial charge in [0, 0.05) is 18.2 Å². The Labute approximate surface area is 147 Å². The maximum atomic E-state index is 12.4. The molecule has 1 saturated heterocycles. The molecule has 136 valence electrons. The van der Waals surface area contributed by atoms with Gasteiger partial charge in [-0.3, -0.25) is 9.59 Å². The Morgan fingerprint density at radius 1 is 1.20 bits per heavy atom. The molecule has 1 aromatic carbocycles. The Bertz CT molecular complexity index is 649. The Morgan fingerprint density at radius 2 is 1.96 bits per heavy atom. The summed E-state index contributed by atoms with van der Waals surface area (Å²) in [6, 6.07) is 5.14. The van der Waals surface area contributed by atoms with Crippen molar-refractivity contribution in [1.29, 1.82) is 0 Å². The largest absolute Gasteiger partial charge is 0.497 e. The normalized spacial score (nSPS) is 25.5. The van der Waals surface area contributed by atoms with Gasteiger partial charge in [-0.05, 0) is 25.0 Å². The van der Waals surface area contributed by atoms with E-state index in [0.29, 0.717) is 17.2 Å². The van der Waals surface area contributed by atoms with Gasteiger partial charge in [-0.15, -0.1) is 0 Å². The van der Waals surface area contributed by atoms with Gasteiger partial charge in [0.05, 0.1) is 32.4 Å². The second kappa shape index (κ2) is 7.74. The number of carbonyl (C=O) groups excluding carboxylic acids is 2. The molecule has 25 heavy (non-hydrogen) atoms. The van der Waals surface area contributed by atoms with Crippen LogP contribution in [0.3, 0.4) is 0 Å². The molecule has 3 N–H and O–H groups in total. The van der Waals surface area contributed by atoms with Crippen LogP contribution >= 0.6 is 0 Å². The van der Waals surface area contributed by atoms with Crippen LogP contribution in [0.25, 0.3) is 0 Å². The van der Waals surface area contributed by atoms with Crippen molar-refractivity contribution in [2.75, 3.05) is 19.5 Å². The molecule has 1 aliphatic carbocycles. The van der Waals surface area contributed by atoms with E-state index in [0.717, 1.165) is 25.7 Å². The summed E-state index contributed by atoms with van der Waals surface area (Å²) in [6.07, 6.45) is 4.43. The summed E-state index contributed by atoms with van der Waals surface area (Å²) in [5.74, 6) is 0.831. The van der Waals surface area contributed by atoms with Gasteiger partial charge in [-0.1, -0.05) is 12.8 Å². The van der Waals surface area contributed by atoms with Gasteiger partial charge in [0.1, 0.15) is 11.5 Å². The van der Waals surface area contributed by atoms with E-state index in [9.17, 15) is 9.59 Å². The second-order valence-electron chi connectivity index (χ2n) is 6.54. The molecular weight excluding hydrogens is 322 g/mol. The molecule has 2 amide bonds. The van der Waals surface area contributed by atoms with Crippen molar-refractivity contribution >= 4 is 17.5 Å². The third kappa shape index (κ3) is 4.04. The first-order valence-corrected chi connectivity index (χ1v) is 8.69. The Kier molecular flexibility index (Phi) is 5.43. The molecule has 0 bridgehead atoms. The molecule has 2 fully saturated rings. The third-order valence-corrected chi connectivity index (χ3v) is 4.90. The Balaban J connectivity index is 1.61. The fourth-order valence-electron chi connectivity index (χ4n) is 3.56. The molecule has 1 aromatic rings. The van der Waals surface area contributed by atoms with Crippen molar-refractivity contribution in [3.63, 3.8) is 0 Å². The molecule has 0 spiro atoms. The SMILES string of the molecule is COc1ccc(NC(=O)C[C@@H]2N[C@@H]3CCCC[C@@H]3NC2=O)c(OC)c1. The first-order valence-electron chi connectivity index (χ1n) is 8.69. The van der Waals surface area contributed by atoms with E-state index in [2.05, 4.69) is 16.0 Å². The summed E-state index contributed by atoms with van der Waals surface area (Å²) >= 11 is 0. The quantitative estimate of drug-likeness (QED) is 0.750. The van der Waals surface area contributed by atoms with Crippen molar-refractivity contribution in [3.8, 4) is 11.5 Å². The highest BCUT2D eigenvalue weighted by Gasteiger charge is 2.37. The van der Waals surface area contributed by atoms with E-state index in [-0.39, 0.29) is 30.3 Å². The van der Waals surface area contributed by atoms with Crippen molar-refractivity contribution in [3.05, 3.63) is 18.2 Å². The van der Waals surface area contributed by atoms with Gasteiger partial charge in [0.15, 0.2) is 0 Å². The van der Waals surface area contributed by atoms with Crippen molar-refractivity contribution in [2.45, 2.75) is 50.2 Å². The number of anilines is 1. The molecule has 0 radical (unpaired) electrons. The molecule has 7 heteroatoms. The van der Waals surface area contributed by atoms with E-state index >= 15 is 0 Å². The number of fused-ring (bicyclic) bond motifs is 1. The lowest BCUT2D eigenvalue weighted by Gasteiger charge is -2.40. The average Bonchev–Trinajstić information content (AvgIpc) is 2.62. The summed E-state index contributed by atoms with van der Waals surface area (Å²) in [7, 11) is 3.10. The standard InChI is InChI=1S/C18H25N3O4/c1-24-11-7-8-14(16(9-11)25-2)20-17(22)10-15-18(23)21-13-6-4-3-5-12(13)19-15/h7-9,12-13,15,19H,3-6,10H2,1-2H3,(H,20,22)(H,21,23)/t12-,13+,15+/m1/s1. The zero-order chi connectivity index (χ0) is 17.8. The molecular formula is C18H25N3O4. The number of hydrogen-bond acceptors (Lipinski definition) is 5. The number of ether oxygens (including phenoxy) is 2. The van der Waals surface area contributed by atoms with Crippen LogP contribution in [0.1, 0.15) is 32.1 Å². The first-order chi connectivity index (χ1) is 12.1. The van der Waals surface area contributed by atoms with Crippen LogP contribution in [0.5, 0.6) is 11.5 Å². The number of methoxy groups -OCH3 is 2. The number of nitrogens with one attached hydrogen (secondary N) is 3. The predicted octanol–water partition coefficient (Wildman–Crippen LogP) is 1.43. The van der Waals surface area contributed by atoms with Crippen LogP contribution in [0.4, 0.5) is 5.69 Å². The topological polar surface area (TPSA) is 88.7 Å². The third-order valence-electron chi connectivity index (χ3n) is 4.90. The first kappa shape index (κ1) is 17.5. The molecule has 0 aromatic heterocycles. The predicted molar refractivity (Wildman–Crippen MR) is 93.9 cm³/mol. The fourth-order valence-corrected chi connectivity index (χ4v) is 3.56. The van der Waals surface area contributed by atoms with Crippen LogP contribution in [0.15, 0.2) is 18.2 Å². The zero-order valence-corrected chi connectivity index (χ0v) is 14.6. The highest BCUT2D eigenvalue weighted by Crippen LogP contribution is 2.29. The van der Waals surface area contributed by atoms with Gasteiger partial charge in [-0.25, -0.2) is 0 Å². The summed E-state index contributed by atoms with van der Waals surface area (Å²) in [5, 5.41) is 9.21.